The van der Waals surface area contributed by atoms with Crippen molar-refractivity contribution in [3.8, 4) is 0 Å². The highest BCUT2D eigenvalue weighted by Crippen LogP contribution is 1.80. The molecule has 0 nitrogen and oxygen atoms in total. The van der Waals surface area contributed by atoms with Crippen molar-refractivity contribution in [2.75, 3.05) is 0 Å². The van der Waals surface area contributed by atoms with E-state index in [9.17, 15) is 0 Å². The van der Waals surface area contributed by atoms with Crippen molar-refractivity contribution >= 4 is 0 Å². The number of rotatable bonds is 2. The van der Waals surface area contributed by atoms with Crippen molar-refractivity contribution in [3.05, 3.63) is 61.2 Å². The normalized spacial score (nSPS) is 8.75. The Kier molecular flexibility index (Phi) is 8.65. The van der Waals surface area contributed by atoms with Crippen molar-refractivity contribution < 1.29 is 0 Å². The van der Waals surface area contributed by atoms with Crippen LogP contribution in [0.3, 0.4) is 0 Å². The molecule has 12 heavy (non-hydrogen) atoms. The maximum absolute atomic E-state index is 3.51. The molecule has 0 aliphatic carbocycles. The highest BCUT2D eigenvalue weighted by molar-refractivity contribution is 4.99. The van der Waals surface area contributed by atoms with E-state index in [4.69, 9.17) is 0 Å². The van der Waals surface area contributed by atoms with E-state index in [0.717, 1.165) is 6.42 Å². The van der Waals surface area contributed by atoms with E-state index in [1.165, 1.54) is 0 Å². The van der Waals surface area contributed by atoms with Crippen molar-refractivity contribution in [1.82, 2.24) is 0 Å². The molecule has 0 atom stereocenters. The summed E-state index contributed by atoms with van der Waals surface area (Å²) < 4.78 is 0. The Morgan fingerprint density at radius 1 is 1.00 bits per heavy atom. The summed E-state index contributed by atoms with van der Waals surface area (Å²) in [6.45, 7) is 5.61. The van der Waals surface area contributed by atoms with Crippen LogP contribution in [0.15, 0.2) is 61.2 Å². The molecule has 0 heterocycles. The molecule has 64 valence electrons. The highest BCUT2D eigenvalue weighted by atomic mass is 13.6. The number of hydrogen-bond donors (Lipinski definition) is 0. The van der Waals surface area contributed by atoms with Gasteiger partial charge in [0.15, 0.2) is 0 Å². The molecule has 0 fully saturated rings. The molecule has 0 amide bonds. The molecule has 0 bridgehead atoms. The summed E-state index contributed by atoms with van der Waals surface area (Å²) in [5, 5.41) is 0. The van der Waals surface area contributed by atoms with Crippen molar-refractivity contribution in [3.63, 3.8) is 0 Å². The van der Waals surface area contributed by atoms with Crippen LogP contribution in [-0.4, -0.2) is 0 Å². The molecule has 0 spiro atoms. The van der Waals surface area contributed by atoms with Gasteiger partial charge in [0.2, 0.25) is 0 Å². The lowest BCUT2D eigenvalue weighted by atomic mass is 10.4. The Balaban J connectivity index is 0.000000202. The summed E-state index contributed by atoms with van der Waals surface area (Å²) in [4.78, 5) is 0. The van der Waals surface area contributed by atoms with Crippen molar-refractivity contribution in [2.45, 2.75) is 13.3 Å². The van der Waals surface area contributed by atoms with Crippen LogP contribution in [-0.2, 0) is 0 Å². The molecular formula is C12H16. The first-order chi connectivity index (χ1) is 5.91. The van der Waals surface area contributed by atoms with Crippen LogP contribution in [0, 0.1) is 0 Å². The molecular weight excluding hydrogens is 144 g/mol. The van der Waals surface area contributed by atoms with E-state index in [2.05, 4.69) is 19.6 Å². The fourth-order valence-corrected chi connectivity index (χ4v) is 0.617. The minimum absolute atomic E-state index is 1.10. The van der Waals surface area contributed by atoms with Gasteiger partial charge in [0.05, 0.1) is 0 Å². The van der Waals surface area contributed by atoms with Gasteiger partial charge in [-0.05, 0) is 6.42 Å². The second kappa shape index (κ2) is 9.70. The lowest BCUT2D eigenvalue weighted by Crippen LogP contribution is -1.47. The predicted octanol–water partition coefficient (Wildman–Crippen LogP) is 3.83. The third-order valence-corrected chi connectivity index (χ3v) is 1.17. The largest absolute Gasteiger partial charge is 0.0991 e. The van der Waals surface area contributed by atoms with Gasteiger partial charge in [0.25, 0.3) is 0 Å². The fraction of sp³-hybridized carbons (Fsp3) is 0.167. The van der Waals surface area contributed by atoms with Gasteiger partial charge in [0.1, 0.15) is 0 Å². The Bertz CT molecular complexity index is 170. The summed E-state index contributed by atoms with van der Waals surface area (Å²) in [5.41, 5.74) is 0. The van der Waals surface area contributed by atoms with Gasteiger partial charge in [-0.2, -0.15) is 0 Å². The Morgan fingerprint density at radius 3 is 1.58 bits per heavy atom. The topological polar surface area (TPSA) is 0 Å². The van der Waals surface area contributed by atoms with E-state index in [1.54, 1.807) is 6.08 Å². The molecule has 1 aromatic rings. The van der Waals surface area contributed by atoms with Crippen LogP contribution in [0.1, 0.15) is 13.3 Å². The lowest BCUT2D eigenvalue weighted by Gasteiger charge is -1.69. The molecule has 0 aliphatic rings. The monoisotopic (exact) mass is 160 g/mol. The number of allylic oxidation sites excluding steroid dienone is 3. The third kappa shape index (κ3) is 8.70. The van der Waals surface area contributed by atoms with Crippen LogP contribution in [0.4, 0.5) is 0 Å². The van der Waals surface area contributed by atoms with Crippen LogP contribution in [0.2, 0.25) is 0 Å². The average molecular weight is 160 g/mol. The summed E-state index contributed by atoms with van der Waals surface area (Å²) in [7, 11) is 0. The Hall–Kier alpha value is -1.30. The molecule has 0 saturated carbocycles. The molecule has 0 aromatic heterocycles. The zero-order valence-corrected chi connectivity index (χ0v) is 7.61. The van der Waals surface area contributed by atoms with Gasteiger partial charge in [-0.25, -0.2) is 0 Å². The maximum atomic E-state index is 3.51. The quantitative estimate of drug-likeness (QED) is 0.577. The van der Waals surface area contributed by atoms with Gasteiger partial charge in [-0.3, -0.25) is 0 Å². The van der Waals surface area contributed by atoms with E-state index in [0.29, 0.717) is 0 Å². The van der Waals surface area contributed by atoms with Gasteiger partial charge in [-0.15, -0.1) is 0 Å². The van der Waals surface area contributed by atoms with Crippen molar-refractivity contribution in [2.24, 2.45) is 0 Å². The predicted molar refractivity (Wildman–Crippen MR) is 56.1 cm³/mol. The zero-order valence-electron chi connectivity index (χ0n) is 7.61. The van der Waals surface area contributed by atoms with E-state index in [-0.39, 0.29) is 0 Å². The van der Waals surface area contributed by atoms with E-state index < -0.39 is 0 Å². The minimum atomic E-state index is 1.10. The van der Waals surface area contributed by atoms with Gasteiger partial charge >= 0.3 is 0 Å². The van der Waals surface area contributed by atoms with Crippen LogP contribution in [0.5, 0.6) is 0 Å². The molecule has 0 N–H and O–H groups in total. The molecule has 0 aliphatic heterocycles. The lowest BCUT2D eigenvalue weighted by molar-refractivity contribution is 1.22. The van der Waals surface area contributed by atoms with E-state index >= 15 is 0 Å². The minimum Gasteiger partial charge on any atom is -0.0991 e. The second-order valence-corrected chi connectivity index (χ2v) is 2.23. The third-order valence-electron chi connectivity index (χ3n) is 1.17. The van der Waals surface area contributed by atoms with E-state index in [1.807, 2.05) is 42.5 Å². The van der Waals surface area contributed by atoms with Gasteiger partial charge in [0, 0.05) is 0 Å². The Morgan fingerprint density at radius 2 is 1.42 bits per heavy atom. The summed E-state index contributed by atoms with van der Waals surface area (Å²) in [6, 6.07) is 12.0. The molecule has 0 unspecified atom stereocenters. The SMILES string of the molecule is C=C/C=C/CC.c1ccccc1. The number of benzene rings is 1. The van der Waals surface area contributed by atoms with Crippen molar-refractivity contribution in [1.29, 1.82) is 0 Å². The highest BCUT2D eigenvalue weighted by Gasteiger charge is 1.57. The fourth-order valence-electron chi connectivity index (χ4n) is 0.617. The van der Waals surface area contributed by atoms with Crippen LogP contribution in [0.25, 0.3) is 0 Å². The zero-order chi connectivity index (χ0) is 9.07. The maximum Gasteiger partial charge on any atom is -0.0376 e. The average Bonchev–Trinajstić information content (AvgIpc) is 2.18. The second-order valence-electron chi connectivity index (χ2n) is 2.23. The summed E-state index contributed by atoms with van der Waals surface area (Å²) in [5.74, 6) is 0. The molecule has 0 saturated heterocycles. The molecule has 0 radical (unpaired) electrons. The first kappa shape index (κ1) is 10.7. The summed E-state index contributed by atoms with van der Waals surface area (Å²) >= 11 is 0. The molecule has 0 heteroatoms. The molecule has 1 rings (SSSR count). The standard InChI is InChI=1S/C6H6.C6H10/c1-2-4-6-5-3-1;1-3-5-6-4-2/h1-6H;3,5-6H,1,4H2,2H3/b;6-5+. The smallest absolute Gasteiger partial charge is 0.0376 e. The van der Waals surface area contributed by atoms with Gasteiger partial charge < -0.3 is 0 Å². The number of hydrogen-bond acceptors (Lipinski definition) is 0. The first-order valence-electron chi connectivity index (χ1n) is 4.19. The molecule has 1 aromatic carbocycles. The Labute approximate surface area is 75.2 Å². The van der Waals surface area contributed by atoms with Crippen LogP contribution >= 0.6 is 0 Å². The summed E-state index contributed by atoms with van der Waals surface area (Å²) in [6.07, 6.45) is 6.89. The first-order valence-corrected chi connectivity index (χ1v) is 4.19. The van der Waals surface area contributed by atoms with Gasteiger partial charge in [-0.1, -0.05) is 68.1 Å². The van der Waals surface area contributed by atoms with Crippen LogP contribution < -0.4 is 0 Å².